The number of rotatable bonds is 6. The molecule has 0 aliphatic heterocycles. The molecule has 0 aromatic heterocycles. The molecule has 0 heterocycles. The average Bonchev–Trinajstić information content (AvgIpc) is 2.58. The van der Waals surface area contributed by atoms with E-state index in [1.54, 1.807) is 44.2 Å². The molecule has 2 aromatic rings. The second kappa shape index (κ2) is 8.92. The van der Waals surface area contributed by atoms with Crippen LogP contribution in [0.15, 0.2) is 47.4 Å². The lowest BCUT2D eigenvalue weighted by atomic mass is 10.1. The number of hydrogen-bond donors (Lipinski definition) is 1. The molecular weight excluding hydrogens is 358 g/mol. The van der Waals surface area contributed by atoms with E-state index in [-0.39, 0.29) is 17.1 Å². The van der Waals surface area contributed by atoms with Crippen molar-refractivity contribution in [1.29, 1.82) is 0 Å². The highest BCUT2D eigenvalue weighted by atomic mass is 35.5. The van der Waals surface area contributed by atoms with Crippen molar-refractivity contribution < 1.29 is 14.3 Å². The SMILES string of the molecule is CCOC(=O)c1cccc(NC(=O)C(C)Sc2ccc(Cl)cc2)c1C. The van der Waals surface area contributed by atoms with Crippen molar-refractivity contribution in [1.82, 2.24) is 0 Å². The maximum absolute atomic E-state index is 12.5. The van der Waals surface area contributed by atoms with Gasteiger partial charge in [0.2, 0.25) is 5.91 Å². The van der Waals surface area contributed by atoms with Gasteiger partial charge in [-0.2, -0.15) is 0 Å². The fourth-order valence-electron chi connectivity index (χ4n) is 2.21. The van der Waals surface area contributed by atoms with Crippen LogP contribution in [0, 0.1) is 6.92 Å². The molecule has 1 unspecified atom stereocenters. The first-order valence-electron chi connectivity index (χ1n) is 7.92. The fourth-order valence-corrected chi connectivity index (χ4v) is 3.20. The molecule has 25 heavy (non-hydrogen) atoms. The monoisotopic (exact) mass is 377 g/mol. The van der Waals surface area contributed by atoms with Gasteiger partial charge >= 0.3 is 5.97 Å². The van der Waals surface area contributed by atoms with Gasteiger partial charge in [-0.3, -0.25) is 4.79 Å². The Labute approximate surface area is 156 Å². The van der Waals surface area contributed by atoms with E-state index in [0.717, 1.165) is 4.90 Å². The second-order valence-corrected chi connectivity index (χ2v) is 7.25. The van der Waals surface area contributed by atoms with Gasteiger partial charge in [-0.15, -0.1) is 11.8 Å². The topological polar surface area (TPSA) is 55.4 Å². The average molecular weight is 378 g/mol. The Kier molecular flexibility index (Phi) is 6.91. The van der Waals surface area contributed by atoms with Gasteiger partial charge in [-0.1, -0.05) is 17.7 Å². The molecule has 0 bridgehead atoms. The first-order chi connectivity index (χ1) is 11.9. The number of anilines is 1. The Morgan fingerprint density at radius 1 is 1.20 bits per heavy atom. The number of esters is 1. The van der Waals surface area contributed by atoms with Gasteiger partial charge in [0.1, 0.15) is 0 Å². The molecule has 1 N–H and O–H groups in total. The zero-order chi connectivity index (χ0) is 18.4. The van der Waals surface area contributed by atoms with Gasteiger partial charge in [0.15, 0.2) is 0 Å². The van der Waals surface area contributed by atoms with Crippen molar-refractivity contribution in [3.8, 4) is 0 Å². The van der Waals surface area contributed by atoms with E-state index in [1.165, 1.54) is 11.8 Å². The van der Waals surface area contributed by atoms with Crippen LogP contribution < -0.4 is 5.32 Å². The fraction of sp³-hybridized carbons (Fsp3) is 0.263. The van der Waals surface area contributed by atoms with Crippen molar-refractivity contribution in [2.45, 2.75) is 30.9 Å². The molecule has 2 rings (SSSR count). The maximum atomic E-state index is 12.5. The molecule has 0 saturated heterocycles. The van der Waals surface area contributed by atoms with Crippen molar-refractivity contribution >= 4 is 40.9 Å². The summed E-state index contributed by atoms with van der Waals surface area (Å²) in [4.78, 5) is 25.4. The number of thioether (sulfide) groups is 1. The molecule has 2 aromatic carbocycles. The normalized spacial score (nSPS) is 11.7. The van der Waals surface area contributed by atoms with E-state index >= 15 is 0 Å². The summed E-state index contributed by atoms with van der Waals surface area (Å²) < 4.78 is 5.04. The highest BCUT2D eigenvalue weighted by Crippen LogP contribution is 2.26. The highest BCUT2D eigenvalue weighted by molar-refractivity contribution is 8.00. The Morgan fingerprint density at radius 2 is 1.88 bits per heavy atom. The van der Waals surface area contributed by atoms with E-state index in [4.69, 9.17) is 16.3 Å². The molecule has 0 fully saturated rings. The molecule has 0 aliphatic carbocycles. The van der Waals surface area contributed by atoms with E-state index in [0.29, 0.717) is 28.4 Å². The Balaban J connectivity index is 2.08. The van der Waals surface area contributed by atoms with Crippen LogP contribution in [-0.4, -0.2) is 23.7 Å². The minimum absolute atomic E-state index is 0.135. The number of halogens is 1. The van der Waals surface area contributed by atoms with E-state index < -0.39 is 0 Å². The van der Waals surface area contributed by atoms with E-state index in [1.807, 2.05) is 19.1 Å². The van der Waals surface area contributed by atoms with Crippen LogP contribution in [0.4, 0.5) is 5.69 Å². The molecular formula is C19H20ClNO3S. The van der Waals surface area contributed by atoms with Gasteiger partial charge in [0.05, 0.1) is 17.4 Å². The van der Waals surface area contributed by atoms with Crippen LogP contribution in [-0.2, 0) is 9.53 Å². The Hall–Kier alpha value is -1.98. The quantitative estimate of drug-likeness (QED) is 0.572. The molecule has 6 heteroatoms. The lowest BCUT2D eigenvalue weighted by Gasteiger charge is -2.15. The minimum atomic E-state index is -0.389. The molecule has 0 saturated carbocycles. The summed E-state index contributed by atoms with van der Waals surface area (Å²) in [5, 5.41) is 3.25. The number of hydrogen-bond acceptors (Lipinski definition) is 4. The third-order valence-corrected chi connectivity index (χ3v) is 4.95. The lowest BCUT2D eigenvalue weighted by Crippen LogP contribution is -2.23. The van der Waals surface area contributed by atoms with Crippen molar-refractivity contribution in [2.75, 3.05) is 11.9 Å². The summed E-state index contributed by atoms with van der Waals surface area (Å²) in [5.41, 5.74) is 1.76. The van der Waals surface area contributed by atoms with Crippen LogP contribution in [0.5, 0.6) is 0 Å². The summed E-state index contributed by atoms with van der Waals surface area (Å²) in [6.45, 7) is 5.69. The van der Waals surface area contributed by atoms with Gasteiger partial charge in [0.25, 0.3) is 0 Å². The maximum Gasteiger partial charge on any atom is 0.338 e. The lowest BCUT2D eigenvalue weighted by molar-refractivity contribution is -0.115. The van der Waals surface area contributed by atoms with Crippen LogP contribution >= 0.6 is 23.4 Å². The zero-order valence-corrected chi connectivity index (χ0v) is 15.9. The Bertz CT molecular complexity index is 762. The minimum Gasteiger partial charge on any atom is -0.462 e. The van der Waals surface area contributed by atoms with Crippen molar-refractivity contribution in [3.63, 3.8) is 0 Å². The van der Waals surface area contributed by atoms with E-state index in [2.05, 4.69) is 5.32 Å². The Morgan fingerprint density at radius 3 is 2.52 bits per heavy atom. The summed E-state index contributed by atoms with van der Waals surface area (Å²) >= 11 is 7.31. The van der Waals surface area contributed by atoms with Gasteiger partial charge in [-0.25, -0.2) is 4.79 Å². The molecule has 1 atom stereocenters. The van der Waals surface area contributed by atoms with Crippen LogP contribution in [0.2, 0.25) is 5.02 Å². The number of benzene rings is 2. The summed E-state index contributed by atoms with van der Waals surface area (Å²) in [6.07, 6.45) is 0. The zero-order valence-electron chi connectivity index (χ0n) is 14.3. The second-order valence-electron chi connectivity index (χ2n) is 5.40. The smallest absolute Gasteiger partial charge is 0.338 e. The molecule has 0 spiro atoms. The van der Waals surface area contributed by atoms with Gasteiger partial charge < -0.3 is 10.1 Å². The van der Waals surface area contributed by atoms with Crippen LogP contribution in [0.25, 0.3) is 0 Å². The van der Waals surface area contributed by atoms with E-state index in [9.17, 15) is 9.59 Å². The highest BCUT2D eigenvalue weighted by Gasteiger charge is 2.18. The number of amides is 1. The molecule has 0 aliphatic rings. The first-order valence-corrected chi connectivity index (χ1v) is 9.18. The number of carbonyl (C=O) groups excluding carboxylic acids is 2. The summed E-state index contributed by atoms with van der Waals surface area (Å²) in [7, 11) is 0. The number of nitrogens with one attached hydrogen (secondary N) is 1. The number of carbonyl (C=O) groups is 2. The van der Waals surface area contributed by atoms with Crippen molar-refractivity contribution in [2.24, 2.45) is 0 Å². The van der Waals surface area contributed by atoms with Crippen LogP contribution in [0.1, 0.15) is 29.8 Å². The third-order valence-electron chi connectivity index (χ3n) is 3.58. The molecule has 132 valence electrons. The first kappa shape index (κ1) is 19.3. The van der Waals surface area contributed by atoms with Crippen LogP contribution in [0.3, 0.4) is 0 Å². The summed E-state index contributed by atoms with van der Waals surface area (Å²) in [5.74, 6) is -0.524. The molecule has 4 nitrogen and oxygen atoms in total. The van der Waals surface area contributed by atoms with Crippen molar-refractivity contribution in [3.05, 3.63) is 58.6 Å². The summed E-state index contributed by atoms with van der Waals surface area (Å²) in [6, 6.07) is 12.5. The molecule has 1 amide bonds. The predicted molar refractivity (Wildman–Crippen MR) is 103 cm³/mol. The number of ether oxygens (including phenoxy) is 1. The third kappa shape index (κ3) is 5.25. The molecule has 0 radical (unpaired) electrons. The van der Waals surface area contributed by atoms with Gasteiger partial charge in [-0.05, 0) is 62.7 Å². The predicted octanol–water partition coefficient (Wildman–Crippen LogP) is 4.94. The largest absolute Gasteiger partial charge is 0.462 e. The standard InChI is InChI=1S/C19H20ClNO3S/c1-4-24-19(23)16-6-5-7-17(12(16)2)21-18(22)13(3)25-15-10-8-14(20)9-11-15/h5-11,13H,4H2,1-3H3,(H,21,22). The van der Waals surface area contributed by atoms with Gasteiger partial charge in [0, 0.05) is 15.6 Å².